The molecule has 0 spiro atoms. The summed E-state index contributed by atoms with van der Waals surface area (Å²) in [6, 6.07) is 42.4. The Labute approximate surface area is 216 Å². The van der Waals surface area contributed by atoms with E-state index in [9.17, 15) is 0 Å². The molecule has 0 radical (unpaired) electrons. The molecule has 1 unspecified atom stereocenters. The van der Waals surface area contributed by atoms with Gasteiger partial charge in [0, 0.05) is 22.4 Å². The molecule has 178 valence electrons. The Bertz CT molecular complexity index is 1590. The number of para-hydroxylation sites is 1. The first-order chi connectivity index (χ1) is 18.2. The van der Waals surface area contributed by atoms with Crippen LogP contribution in [0.2, 0.25) is 0 Å². The van der Waals surface area contributed by atoms with Crippen molar-refractivity contribution in [3.8, 4) is 22.3 Å². The molecular formula is C33H25N3O. The maximum absolute atomic E-state index is 8.38. The lowest BCUT2D eigenvalue weighted by Crippen LogP contribution is -2.19. The fraction of sp³-hybridized carbons (Fsp3) is 0.0303. The molecule has 0 saturated carbocycles. The Kier molecular flexibility index (Phi) is 5.83. The number of hydrogen-bond acceptors (Lipinski definition) is 4. The first-order valence-corrected chi connectivity index (χ1v) is 12.2. The Hall–Kier alpha value is -4.96. The molecule has 1 atom stereocenters. The van der Waals surface area contributed by atoms with Gasteiger partial charge in [0.1, 0.15) is 0 Å². The van der Waals surface area contributed by atoms with Crippen LogP contribution in [0.25, 0.3) is 22.3 Å². The van der Waals surface area contributed by atoms with E-state index in [4.69, 9.17) is 15.6 Å². The van der Waals surface area contributed by atoms with Crippen LogP contribution < -0.4 is 5.32 Å². The van der Waals surface area contributed by atoms with Crippen molar-refractivity contribution in [2.45, 2.75) is 6.04 Å². The van der Waals surface area contributed by atoms with E-state index < -0.39 is 0 Å². The number of hydrogen-bond donors (Lipinski definition) is 3. The summed E-state index contributed by atoms with van der Waals surface area (Å²) in [6.45, 7) is 0. The molecule has 0 saturated heterocycles. The monoisotopic (exact) mass is 479 g/mol. The Morgan fingerprint density at radius 3 is 1.89 bits per heavy atom. The smallest absolute Gasteiger partial charge is 0.221 e. The predicted molar refractivity (Wildman–Crippen MR) is 150 cm³/mol. The number of benzene rings is 5. The van der Waals surface area contributed by atoms with Crippen molar-refractivity contribution >= 4 is 17.5 Å². The molecule has 1 aliphatic heterocycles. The third-order valence-electron chi connectivity index (χ3n) is 6.74. The molecule has 4 nitrogen and oxygen atoms in total. The topological polar surface area (TPSA) is 69.0 Å². The van der Waals surface area contributed by atoms with Crippen LogP contribution in [0.1, 0.15) is 28.3 Å². The lowest BCUT2D eigenvalue weighted by Gasteiger charge is -2.32. The van der Waals surface area contributed by atoms with Crippen LogP contribution in [0.4, 0.5) is 5.69 Å². The van der Waals surface area contributed by atoms with Crippen LogP contribution in [0.3, 0.4) is 0 Å². The average molecular weight is 480 g/mol. The first-order valence-electron chi connectivity index (χ1n) is 12.2. The molecule has 0 amide bonds. The molecule has 1 heterocycles. The van der Waals surface area contributed by atoms with Gasteiger partial charge >= 0.3 is 0 Å². The Balaban J connectivity index is 1.34. The molecule has 1 aliphatic rings. The van der Waals surface area contributed by atoms with Gasteiger partial charge in [0.05, 0.1) is 6.04 Å². The number of ether oxygens (including phenoxy) is 1. The van der Waals surface area contributed by atoms with E-state index in [1.807, 2.05) is 48.5 Å². The maximum atomic E-state index is 8.38. The summed E-state index contributed by atoms with van der Waals surface area (Å²) in [7, 11) is 0. The van der Waals surface area contributed by atoms with Gasteiger partial charge in [-0.05, 0) is 58.1 Å². The highest BCUT2D eigenvalue weighted by Gasteiger charge is 2.27. The molecule has 5 aromatic rings. The fourth-order valence-corrected chi connectivity index (χ4v) is 4.93. The van der Waals surface area contributed by atoms with Gasteiger partial charge in [-0.2, -0.15) is 0 Å². The summed E-state index contributed by atoms with van der Waals surface area (Å²) in [5.41, 5.74) is 9.50. The minimum absolute atomic E-state index is 0.0393. The van der Waals surface area contributed by atoms with Crippen molar-refractivity contribution in [3.05, 3.63) is 150 Å². The lowest BCUT2D eigenvalue weighted by molar-refractivity contribution is 0.538. The molecule has 4 heteroatoms. The molecule has 3 N–H and O–H groups in total. The number of nitrogens with one attached hydrogen (secondary N) is 3. The highest BCUT2D eigenvalue weighted by Crippen LogP contribution is 2.47. The zero-order chi connectivity index (χ0) is 25.2. The van der Waals surface area contributed by atoms with E-state index in [-0.39, 0.29) is 17.8 Å². The SMILES string of the molecule is N=C(OC(=N)c1ccc(C2Nc3ccccc3-c3c(-c4ccccc4)cccc32)cc1)c1ccccc1. The van der Waals surface area contributed by atoms with Gasteiger partial charge in [0.2, 0.25) is 11.8 Å². The number of anilines is 1. The van der Waals surface area contributed by atoms with Crippen molar-refractivity contribution in [3.63, 3.8) is 0 Å². The summed E-state index contributed by atoms with van der Waals surface area (Å²) in [5, 5.41) is 20.3. The van der Waals surface area contributed by atoms with Crippen LogP contribution in [0.5, 0.6) is 0 Å². The summed E-state index contributed by atoms with van der Waals surface area (Å²) >= 11 is 0. The van der Waals surface area contributed by atoms with Gasteiger partial charge in [-0.25, -0.2) is 0 Å². The molecule has 0 fully saturated rings. The number of fused-ring (bicyclic) bond motifs is 3. The van der Waals surface area contributed by atoms with E-state index in [0.717, 1.165) is 11.3 Å². The summed E-state index contributed by atoms with van der Waals surface area (Å²) in [4.78, 5) is 0. The second-order valence-corrected chi connectivity index (χ2v) is 9.01. The number of rotatable bonds is 4. The van der Waals surface area contributed by atoms with E-state index in [2.05, 4.69) is 72.0 Å². The highest BCUT2D eigenvalue weighted by molar-refractivity contribution is 6.04. The predicted octanol–water partition coefficient (Wildman–Crippen LogP) is 7.90. The average Bonchev–Trinajstić information content (AvgIpc) is 2.97. The van der Waals surface area contributed by atoms with Crippen LogP contribution in [-0.4, -0.2) is 11.8 Å². The third-order valence-corrected chi connectivity index (χ3v) is 6.74. The van der Waals surface area contributed by atoms with Crippen molar-refractivity contribution < 1.29 is 4.74 Å². The summed E-state index contributed by atoms with van der Waals surface area (Å²) in [6.07, 6.45) is 0. The van der Waals surface area contributed by atoms with Crippen molar-refractivity contribution in [1.29, 1.82) is 10.8 Å². The van der Waals surface area contributed by atoms with Crippen molar-refractivity contribution in [1.82, 2.24) is 0 Å². The molecule has 6 rings (SSSR count). The van der Waals surface area contributed by atoms with E-state index >= 15 is 0 Å². The Morgan fingerprint density at radius 1 is 0.568 bits per heavy atom. The summed E-state index contributed by atoms with van der Waals surface area (Å²) in [5.74, 6) is -0.0864. The quantitative estimate of drug-likeness (QED) is 0.181. The van der Waals surface area contributed by atoms with Crippen LogP contribution in [-0.2, 0) is 4.74 Å². The van der Waals surface area contributed by atoms with E-state index in [0.29, 0.717) is 11.1 Å². The third kappa shape index (κ3) is 4.30. The molecule has 0 aliphatic carbocycles. The van der Waals surface area contributed by atoms with Crippen molar-refractivity contribution in [2.75, 3.05) is 5.32 Å². The summed E-state index contributed by atoms with van der Waals surface area (Å²) < 4.78 is 5.53. The normalized spacial score (nSPS) is 13.6. The second-order valence-electron chi connectivity index (χ2n) is 9.01. The van der Waals surface area contributed by atoms with Gasteiger partial charge in [-0.15, -0.1) is 0 Å². The molecular weight excluding hydrogens is 454 g/mol. The molecule has 0 bridgehead atoms. The van der Waals surface area contributed by atoms with Crippen LogP contribution >= 0.6 is 0 Å². The van der Waals surface area contributed by atoms with Crippen LogP contribution in [0, 0.1) is 10.8 Å². The molecule has 37 heavy (non-hydrogen) atoms. The zero-order valence-electron chi connectivity index (χ0n) is 20.1. The van der Waals surface area contributed by atoms with Crippen LogP contribution in [0.15, 0.2) is 127 Å². The van der Waals surface area contributed by atoms with Gasteiger partial charge in [0.15, 0.2) is 0 Å². The zero-order valence-corrected chi connectivity index (χ0v) is 20.1. The molecule has 0 aromatic heterocycles. The van der Waals surface area contributed by atoms with Gasteiger partial charge in [-0.1, -0.05) is 97.1 Å². The van der Waals surface area contributed by atoms with Crippen molar-refractivity contribution in [2.24, 2.45) is 0 Å². The maximum Gasteiger partial charge on any atom is 0.221 e. The van der Waals surface area contributed by atoms with E-state index in [1.165, 1.54) is 27.8 Å². The highest BCUT2D eigenvalue weighted by atomic mass is 16.5. The first kappa shape index (κ1) is 22.5. The largest absolute Gasteiger partial charge is 0.421 e. The van der Waals surface area contributed by atoms with E-state index in [1.54, 1.807) is 12.1 Å². The molecule has 5 aromatic carbocycles. The van der Waals surface area contributed by atoms with Gasteiger partial charge < -0.3 is 10.1 Å². The van der Waals surface area contributed by atoms with Gasteiger partial charge in [0.25, 0.3) is 0 Å². The minimum atomic E-state index is -0.0471. The lowest BCUT2D eigenvalue weighted by atomic mass is 9.82. The Morgan fingerprint density at radius 2 is 1.16 bits per heavy atom. The van der Waals surface area contributed by atoms with Gasteiger partial charge in [-0.3, -0.25) is 10.8 Å². The minimum Gasteiger partial charge on any atom is -0.421 e. The fourth-order valence-electron chi connectivity index (χ4n) is 4.93. The second kappa shape index (κ2) is 9.59. The standard InChI is InChI=1S/C33H25N3O/c34-32(24-12-5-2-6-13-24)37-33(35)25-20-18-23(19-21-25)31-28-16-9-15-26(22-10-3-1-4-11-22)30(28)27-14-7-8-17-29(27)36-31/h1-21,31,34-36H.